The number of aliphatic hydroxyl groups is 1. The maximum absolute atomic E-state index is 9.59. The van der Waals surface area contributed by atoms with E-state index in [1.807, 2.05) is 35.9 Å². The second-order valence-electron chi connectivity index (χ2n) is 7.74. The number of fused-ring (bicyclic) bond motifs is 1. The van der Waals surface area contributed by atoms with Gasteiger partial charge in [-0.25, -0.2) is 4.98 Å². The van der Waals surface area contributed by atoms with Gasteiger partial charge in [-0.1, -0.05) is 32.4 Å². The zero-order valence-electron chi connectivity index (χ0n) is 17.6. The summed E-state index contributed by atoms with van der Waals surface area (Å²) in [6.07, 6.45) is 0.764. The number of nitrogens with one attached hydrogen (secondary N) is 2. The number of hydrogen-bond acceptors (Lipinski definition) is 6. The molecule has 0 bridgehead atoms. The van der Waals surface area contributed by atoms with Crippen molar-refractivity contribution in [2.75, 3.05) is 17.2 Å². The van der Waals surface area contributed by atoms with Crippen molar-refractivity contribution >= 4 is 40.1 Å². The highest BCUT2D eigenvalue weighted by Crippen LogP contribution is 2.32. The van der Waals surface area contributed by atoms with Gasteiger partial charge in [0.1, 0.15) is 11.0 Å². The maximum atomic E-state index is 9.59. The fourth-order valence-electron chi connectivity index (χ4n) is 3.11. The molecule has 8 heteroatoms. The predicted molar refractivity (Wildman–Crippen MR) is 119 cm³/mol. The van der Waals surface area contributed by atoms with E-state index in [2.05, 4.69) is 38.3 Å². The molecule has 156 valence electrons. The van der Waals surface area contributed by atoms with E-state index in [0.29, 0.717) is 16.8 Å². The Labute approximate surface area is 176 Å². The molecule has 2 aromatic heterocycles. The quantitative estimate of drug-likeness (QED) is 0.473. The van der Waals surface area contributed by atoms with Crippen molar-refractivity contribution in [2.45, 2.75) is 59.0 Å². The molecule has 1 atom stereocenters. The normalized spacial score (nSPS) is 12.7. The fraction of sp³-hybridized carbons (Fsp3) is 0.476. The summed E-state index contributed by atoms with van der Waals surface area (Å²) >= 11 is 6.03. The highest BCUT2D eigenvalue weighted by Gasteiger charge is 2.22. The van der Waals surface area contributed by atoms with Crippen molar-refractivity contribution in [1.29, 1.82) is 0 Å². The van der Waals surface area contributed by atoms with Gasteiger partial charge in [-0.3, -0.25) is 4.68 Å². The number of anilines is 3. The third kappa shape index (κ3) is 4.62. The molecule has 2 heterocycles. The van der Waals surface area contributed by atoms with E-state index in [-0.39, 0.29) is 24.6 Å². The lowest BCUT2D eigenvalue weighted by molar-refractivity contribution is 0.271. The van der Waals surface area contributed by atoms with Gasteiger partial charge in [0, 0.05) is 16.8 Å². The van der Waals surface area contributed by atoms with Crippen LogP contribution in [0.25, 0.3) is 11.0 Å². The van der Waals surface area contributed by atoms with Gasteiger partial charge in [0.2, 0.25) is 5.95 Å². The monoisotopic (exact) mass is 416 g/mol. The van der Waals surface area contributed by atoms with E-state index in [9.17, 15) is 5.11 Å². The number of nitrogens with zero attached hydrogens (tertiary/aromatic N) is 4. The van der Waals surface area contributed by atoms with Gasteiger partial charge in [-0.15, -0.1) is 0 Å². The summed E-state index contributed by atoms with van der Waals surface area (Å²) in [6, 6.07) is 7.52. The van der Waals surface area contributed by atoms with E-state index in [4.69, 9.17) is 26.7 Å². The Hall–Kier alpha value is -2.38. The fourth-order valence-corrected chi connectivity index (χ4v) is 3.23. The highest BCUT2D eigenvalue weighted by atomic mass is 35.5. The number of halogens is 1. The first kappa shape index (κ1) is 21.3. The predicted octanol–water partition coefficient (Wildman–Crippen LogP) is 5.11. The Morgan fingerprint density at radius 2 is 1.79 bits per heavy atom. The van der Waals surface area contributed by atoms with Crippen molar-refractivity contribution in [1.82, 2.24) is 19.7 Å². The molecule has 1 unspecified atom stereocenters. The summed E-state index contributed by atoms with van der Waals surface area (Å²) in [5.74, 6) is 1.35. The van der Waals surface area contributed by atoms with Crippen LogP contribution in [0.5, 0.6) is 0 Å². The summed E-state index contributed by atoms with van der Waals surface area (Å²) in [5.41, 5.74) is 3.48. The summed E-state index contributed by atoms with van der Waals surface area (Å²) in [4.78, 5) is 9.51. The Morgan fingerprint density at radius 1 is 1.10 bits per heavy atom. The first-order valence-electron chi connectivity index (χ1n) is 10.0. The second-order valence-corrected chi connectivity index (χ2v) is 8.17. The molecule has 0 aliphatic rings. The van der Waals surface area contributed by atoms with Crippen LogP contribution in [-0.4, -0.2) is 37.5 Å². The van der Waals surface area contributed by atoms with Gasteiger partial charge in [-0.05, 0) is 50.5 Å². The average molecular weight is 417 g/mol. The van der Waals surface area contributed by atoms with Gasteiger partial charge in [0.25, 0.3) is 0 Å². The van der Waals surface area contributed by atoms with Crippen LogP contribution in [0.4, 0.5) is 17.5 Å². The van der Waals surface area contributed by atoms with Crippen LogP contribution < -0.4 is 10.6 Å². The largest absolute Gasteiger partial charge is 0.394 e. The number of hydrogen-bond donors (Lipinski definition) is 3. The van der Waals surface area contributed by atoms with Crippen molar-refractivity contribution in [2.24, 2.45) is 0 Å². The highest BCUT2D eigenvalue weighted by molar-refractivity contribution is 6.30. The van der Waals surface area contributed by atoms with Crippen molar-refractivity contribution in [3.8, 4) is 0 Å². The number of aromatic nitrogens is 4. The van der Waals surface area contributed by atoms with Crippen molar-refractivity contribution < 1.29 is 5.11 Å². The van der Waals surface area contributed by atoms with Crippen molar-refractivity contribution in [3.05, 3.63) is 35.0 Å². The Balaban J connectivity index is 2.19. The average Bonchev–Trinajstić information content (AvgIpc) is 3.08. The third-order valence-corrected chi connectivity index (χ3v) is 5.01. The molecule has 0 aliphatic carbocycles. The Morgan fingerprint density at radius 3 is 2.34 bits per heavy atom. The van der Waals surface area contributed by atoms with Crippen LogP contribution >= 0.6 is 11.6 Å². The van der Waals surface area contributed by atoms with Crippen molar-refractivity contribution in [3.63, 3.8) is 0 Å². The number of benzene rings is 1. The maximum Gasteiger partial charge on any atom is 0.225 e. The molecule has 0 aliphatic heterocycles. The first-order valence-corrected chi connectivity index (χ1v) is 10.4. The van der Waals surface area contributed by atoms with Crippen LogP contribution in [0.1, 0.15) is 58.7 Å². The summed E-state index contributed by atoms with van der Waals surface area (Å²) in [6.45, 7) is 10.4. The molecule has 3 rings (SSSR count). The zero-order chi connectivity index (χ0) is 21.1. The topological polar surface area (TPSA) is 87.9 Å². The van der Waals surface area contributed by atoms with Crippen LogP contribution in [0, 0.1) is 0 Å². The van der Waals surface area contributed by atoms with E-state index >= 15 is 0 Å². The molecule has 29 heavy (non-hydrogen) atoms. The molecular weight excluding hydrogens is 388 g/mol. The summed E-state index contributed by atoms with van der Waals surface area (Å²) in [5, 5.41) is 21.7. The minimum Gasteiger partial charge on any atom is -0.394 e. The molecule has 7 nitrogen and oxygen atoms in total. The lowest BCUT2D eigenvalue weighted by atomic mass is 10.1. The van der Waals surface area contributed by atoms with Gasteiger partial charge < -0.3 is 15.7 Å². The lowest BCUT2D eigenvalue weighted by Gasteiger charge is -2.17. The van der Waals surface area contributed by atoms with E-state index in [1.54, 1.807) is 0 Å². The minimum atomic E-state index is -0.113. The number of aliphatic hydroxyl groups excluding tert-OH is 1. The van der Waals surface area contributed by atoms with E-state index in [0.717, 1.165) is 28.8 Å². The minimum absolute atomic E-state index is 0.0140. The second kappa shape index (κ2) is 8.97. The Bertz CT molecular complexity index is 963. The van der Waals surface area contributed by atoms with Crippen LogP contribution in [0.15, 0.2) is 24.3 Å². The van der Waals surface area contributed by atoms with Crippen LogP contribution in [0.2, 0.25) is 5.02 Å². The summed E-state index contributed by atoms with van der Waals surface area (Å²) < 4.78 is 1.97. The van der Waals surface area contributed by atoms with Gasteiger partial charge in [0.05, 0.1) is 18.3 Å². The SMILES string of the molecule is CCC(CO)Nc1nc(Nc2ccc(Cl)cc2)c2c(n1)c(C(C)C)nn2C(C)C. The molecule has 0 saturated carbocycles. The van der Waals surface area contributed by atoms with Crippen LogP contribution in [0.3, 0.4) is 0 Å². The lowest BCUT2D eigenvalue weighted by Crippen LogP contribution is -2.24. The van der Waals surface area contributed by atoms with Gasteiger partial charge in [-0.2, -0.15) is 10.1 Å². The third-order valence-electron chi connectivity index (χ3n) is 4.76. The molecule has 3 aromatic rings. The smallest absolute Gasteiger partial charge is 0.225 e. The van der Waals surface area contributed by atoms with Gasteiger partial charge in [0.15, 0.2) is 5.82 Å². The molecule has 3 N–H and O–H groups in total. The molecule has 0 spiro atoms. The first-order chi connectivity index (χ1) is 13.8. The molecule has 0 amide bonds. The van der Waals surface area contributed by atoms with E-state index in [1.165, 1.54) is 0 Å². The molecular formula is C21H29ClN6O. The molecule has 0 radical (unpaired) electrons. The molecule has 0 saturated heterocycles. The zero-order valence-corrected chi connectivity index (χ0v) is 18.3. The molecule has 1 aromatic carbocycles. The Kier molecular flexibility index (Phi) is 6.59. The van der Waals surface area contributed by atoms with Crippen LogP contribution in [-0.2, 0) is 0 Å². The standard InChI is InChI=1S/C21H29ClN6O/c1-6-15(11-29)24-21-25-18-17(12(2)3)27-28(13(4)5)19(18)20(26-21)23-16-9-7-14(22)8-10-16/h7-10,12-13,15,29H,6,11H2,1-5H3,(H2,23,24,25,26). The summed E-state index contributed by atoms with van der Waals surface area (Å²) in [7, 11) is 0. The number of rotatable bonds is 8. The molecule has 0 fully saturated rings. The van der Waals surface area contributed by atoms with E-state index < -0.39 is 0 Å². The van der Waals surface area contributed by atoms with Gasteiger partial charge >= 0.3 is 0 Å².